The Balaban J connectivity index is -0.0000000800. The van der Waals surface area contributed by atoms with E-state index in [1.807, 2.05) is 0 Å². The zero-order valence-electron chi connectivity index (χ0n) is 2.90. The first-order valence-electron chi connectivity index (χ1n) is 0.783. The van der Waals surface area contributed by atoms with E-state index < -0.39 is 14.5 Å². The summed E-state index contributed by atoms with van der Waals surface area (Å²) in [7, 11) is 0. The third-order valence-electron chi connectivity index (χ3n) is 0. The maximum atomic E-state index is 8.94. The van der Waals surface area contributed by atoms with Crippen molar-refractivity contribution in [2.45, 2.75) is 0 Å². The van der Waals surface area contributed by atoms with Crippen LogP contribution in [0.2, 0.25) is 0 Å². The van der Waals surface area contributed by atoms with E-state index in [0.29, 0.717) is 0 Å². The molecule has 0 aliphatic heterocycles. The van der Waals surface area contributed by atoms with Gasteiger partial charge in [-0.15, -0.1) is 0 Å². The maximum absolute atomic E-state index is 8.94. The van der Waals surface area contributed by atoms with Crippen molar-refractivity contribution in [3.63, 3.8) is 0 Å². The van der Waals surface area contributed by atoms with E-state index in [1.165, 1.54) is 0 Å². The second-order valence-electron chi connectivity index (χ2n) is 0.513. The molecular formula is H8As2CaO4. The van der Waals surface area contributed by atoms with Gasteiger partial charge in [0.25, 0.3) is 0 Å². The Morgan fingerprint density at radius 2 is 1.14 bits per heavy atom. The van der Waals surface area contributed by atoms with Gasteiger partial charge in [-0.25, -0.2) is 0 Å². The molecule has 4 nitrogen and oxygen atoms in total. The molecule has 0 bridgehead atoms. The standard InChI is InChI=1S/AsH3O4.AsH3.Ca.2H/c2-1(3,4)5;;;;/h(H3,2,3,4,5);1H3;;;. The van der Waals surface area contributed by atoms with Crippen molar-refractivity contribution >= 4 is 70.2 Å². The Morgan fingerprint density at radius 3 is 1.14 bits per heavy atom. The average molecular weight is 262 g/mol. The molecule has 0 aliphatic rings. The molecule has 0 aromatic carbocycles. The first kappa shape index (κ1) is 16.0. The number of hydrogen-bond donors (Lipinski definition) is 3. The number of hydrogen-bond acceptors (Lipinski definition) is 1. The van der Waals surface area contributed by atoms with Gasteiger partial charge < -0.3 is 0 Å². The summed E-state index contributed by atoms with van der Waals surface area (Å²) >= 11 is -5.12. The summed E-state index contributed by atoms with van der Waals surface area (Å²) in [5.74, 6) is 0. The molecule has 0 aromatic rings. The third kappa shape index (κ3) is 69.9. The van der Waals surface area contributed by atoms with Crippen LogP contribution >= 0.6 is 0 Å². The normalized spacial score (nSPS) is 8.43. The van der Waals surface area contributed by atoms with Crippen molar-refractivity contribution in [2.24, 2.45) is 0 Å². The van der Waals surface area contributed by atoms with E-state index in [2.05, 4.69) is 0 Å². The Labute approximate surface area is 85.0 Å². The van der Waals surface area contributed by atoms with Crippen LogP contribution in [0.15, 0.2) is 0 Å². The second kappa shape index (κ2) is 6.18. The van der Waals surface area contributed by atoms with E-state index in [-0.39, 0.29) is 55.7 Å². The van der Waals surface area contributed by atoms with Gasteiger partial charge in [0.1, 0.15) is 0 Å². The van der Waals surface area contributed by atoms with Crippen molar-refractivity contribution in [3.05, 3.63) is 0 Å². The van der Waals surface area contributed by atoms with Gasteiger partial charge in [0.2, 0.25) is 0 Å². The fraction of sp³-hybridized carbons (Fsp3) is 0. The molecule has 1 atom stereocenters. The van der Waals surface area contributed by atoms with Crippen molar-refractivity contribution in [1.29, 1.82) is 0 Å². The molecule has 7 heavy (non-hydrogen) atoms. The van der Waals surface area contributed by atoms with Crippen LogP contribution in [0.1, 0.15) is 0 Å². The summed E-state index contributed by atoms with van der Waals surface area (Å²) < 4.78 is 30.7. The predicted molar refractivity (Wildman–Crippen MR) is 31.6 cm³/mol. The van der Waals surface area contributed by atoms with Crippen LogP contribution in [-0.2, 0) is 3.74 Å². The fourth-order valence-corrected chi connectivity index (χ4v) is 0. The first-order chi connectivity index (χ1) is 2.00. The zero-order chi connectivity index (χ0) is 4.50. The van der Waals surface area contributed by atoms with Crippen LogP contribution in [-0.4, -0.2) is 82.5 Å². The summed E-state index contributed by atoms with van der Waals surface area (Å²) in [6, 6.07) is 0. The summed E-state index contributed by atoms with van der Waals surface area (Å²) in [5, 5.41) is 0. The van der Waals surface area contributed by atoms with Crippen LogP contribution in [0, 0.1) is 0 Å². The van der Waals surface area contributed by atoms with Crippen molar-refractivity contribution in [1.82, 2.24) is 0 Å². The molecule has 0 heterocycles. The number of rotatable bonds is 0. The van der Waals surface area contributed by atoms with Gasteiger partial charge in [-0.3, -0.25) is 0 Å². The quantitative estimate of drug-likeness (QED) is 0.386. The van der Waals surface area contributed by atoms with Gasteiger partial charge >= 0.3 is 86.2 Å². The van der Waals surface area contributed by atoms with Crippen molar-refractivity contribution < 1.29 is 16.0 Å². The van der Waals surface area contributed by atoms with E-state index in [9.17, 15) is 0 Å². The topological polar surface area (TPSA) is 77.8 Å². The van der Waals surface area contributed by atoms with Gasteiger partial charge in [-0.1, -0.05) is 0 Å². The summed E-state index contributed by atoms with van der Waals surface area (Å²) in [6.45, 7) is 0. The molecule has 1 unspecified atom stereocenters. The first-order valence-corrected chi connectivity index (χ1v) is 4.07. The fourth-order valence-electron chi connectivity index (χ4n) is 0. The van der Waals surface area contributed by atoms with Gasteiger partial charge in [0.15, 0.2) is 0 Å². The monoisotopic (exact) mass is 262 g/mol. The third-order valence-corrected chi connectivity index (χ3v) is 0. The molecule has 7 heteroatoms. The Bertz CT molecular complexity index is 55.8. The predicted octanol–water partition coefficient (Wildman–Crippen LogP) is -4.27. The summed E-state index contributed by atoms with van der Waals surface area (Å²) in [5.41, 5.74) is 0. The Hall–Kier alpha value is 2.06. The molecule has 0 spiro atoms. The van der Waals surface area contributed by atoms with E-state index in [1.54, 1.807) is 0 Å². The Morgan fingerprint density at radius 1 is 1.14 bits per heavy atom. The van der Waals surface area contributed by atoms with Crippen LogP contribution in [0.5, 0.6) is 0 Å². The molecular weight excluding hydrogens is 254 g/mol. The molecule has 0 saturated heterocycles. The molecule has 0 radical (unpaired) electrons. The van der Waals surface area contributed by atoms with E-state index in [4.69, 9.17) is 16.0 Å². The minimum absolute atomic E-state index is 0. The summed E-state index contributed by atoms with van der Waals surface area (Å²) in [6.07, 6.45) is 0. The summed E-state index contributed by atoms with van der Waals surface area (Å²) in [4.78, 5) is 0. The molecule has 0 amide bonds. The van der Waals surface area contributed by atoms with Crippen LogP contribution < -0.4 is 0 Å². The minimum atomic E-state index is -5.12. The van der Waals surface area contributed by atoms with Crippen molar-refractivity contribution in [2.75, 3.05) is 0 Å². The Kier molecular flexibility index (Phi) is 14.1. The van der Waals surface area contributed by atoms with Crippen LogP contribution in [0.25, 0.3) is 0 Å². The van der Waals surface area contributed by atoms with E-state index >= 15 is 0 Å². The van der Waals surface area contributed by atoms with Gasteiger partial charge in [0.05, 0.1) is 0 Å². The van der Waals surface area contributed by atoms with Crippen molar-refractivity contribution in [3.8, 4) is 0 Å². The molecule has 0 saturated carbocycles. The van der Waals surface area contributed by atoms with Gasteiger partial charge in [0, 0.05) is 0 Å². The van der Waals surface area contributed by atoms with Gasteiger partial charge in [-0.2, -0.15) is 0 Å². The molecule has 0 rings (SSSR count). The second-order valence-corrected chi connectivity index (χ2v) is 2.67. The van der Waals surface area contributed by atoms with Gasteiger partial charge in [-0.05, 0) is 0 Å². The van der Waals surface area contributed by atoms with Crippen LogP contribution in [0.4, 0.5) is 0 Å². The molecule has 3 N–H and O–H groups in total. The SMILES string of the molecule is O=[As](O)(O)O.[AsH3].[CaH2]. The molecule has 0 aromatic heterocycles. The molecule has 44 valence electrons. The zero-order valence-corrected chi connectivity index (χ0v) is 7.75. The van der Waals surface area contributed by atoms with E-state index in [0.717, 1.165) is 0 Å². The molecule has 0 fully saturated rings. The average Bonchev–Trinajstić information content (AvgIpc) is 0.722. The molecule has 0 aliphatic carbocycles. The van der Waals surface area contributed by atoms with Crippen LogP contribution in [0.3, 0.4) is 0 Å².